The molecule has 0 aromatic carbocycles. The smallest absolute Gasteiger partial charge is 0.389 e. The molecule has 0 bridgehead atoms. The molecular formula is C12H16F3N3O. The van der Waals surface area contributed by atoms with Crippen molar-refractivity contribution >= 4 is 0 Å². The molecule has 0 aliphatic heterocycles. The molecule has 4 nitrogen and oxygen atoms in total. The molecule has 0 spiro atoms. The lowest BCUT2D eigenvalue weighted by Crippen LogP contribution is -2.16. The van der Waals surface area contributed by atoms with Gasteiger partial charge in [-0.05, 0) is 19.3 Å². The zero-order chi connectivity index (χ0) is 13.7. The fourth-order valence-corrected chi connectivity index (χ4v) is 1.49. The van der Waals surface area contributed by atoms with Gasteiger partial charge in [0.2, 0.25) is 5.88 Å². The van der Waals surface area contributed by atoms with E-state index < -0.39 is 12.6 Å². The molecule has 0 unspecified atom stereocenters. The maximum Gasteiger partial charge on any atom is 0.389 e. The largest absolute Gasteiger partial charge is 0.477 e. The Labute approximate surface area is 109 Å². The van der Waals surface area contributed by atoms with Crippen LogP contribution >= 0.6 is 0 Å². The summed E-state index contributed by atoms with van der Waals surface area (Å²) in [4.78, 5) is 8.14. The van der Waals surface area contributed by atoms with Gasteiger partial charge in [0.25, 0.3) is 0 Å². The first-order valence-corrected chi connectivity index (χ1v) is 6.27. The van der Waals surface area contributed by atoms with Crippen molar-refractivity contribution in [1.82, 2.24) is 15.3 Å². The second-order valence-electron chi connectivity index (χ2n) is 4.57. The molecule has 1 N–H and O–H groups in total. The van der Waals surface area contributed by atoms with E-state index in [0.29, 0.717) is 12.6 Å². The number of nitrogens with zero attached hydrogens (tertiary/aromatic N) is 2. The van der Waals surface area contributed by atoms with E-state index in [2.05, 4.69) is 15.3 Å². The van der Waals surface area contributed by atoms with Gasteiger partial charge in [-0.25, -0.2) is 4.98 Å². The van der Waals surface area contributed by atoms with Gasteiger partial charge in [-0.2, -0.15) is 13.2 Å². The van der Waals surface area contributed by atoms with Crippen LogP contribution in [0.2, 0.25) is 0 Å². The normalized spacial score (nSPS) is 15.5. The van der Waals surface area contributed by atoms with Crippen molar-refractivity contribution in [2.75, 3.05) is 6.61 Å². The quantitative estimate of drug-likeness (QED) is 0.776. The first-order chi connectivity index (χ1) is 9.03. The van der Waals surface area contributed by atoms with Gasteiger partial charge in [-0.3, -0.25) is 4.98 Å². The Morgan fingerprint density at radius 1 is 1.26 bits per heavy atom. The molecule has 1 heterocycles. The van der Waals surface area contributed by atoms with Gasteiger partial charge >= 0.3 is 6.18 Å². The highest BCUT2D eigenvalue weighted by atomic mass is 19.4. The fourth-order valence-electron chi connectivity index (χ4n) is 1.49. The number of aromatic nitrogens is 2. The lowest BCUT2D eigenvalue weighted by molar-refractivity contribution is -0.136. The number of hydrogen-bond donors (Lipinski definition) is 1. The SMILES string of the molecule is FC(F)(F)CCCOc1cnc(CNC2CC2)cn1. The number of alkyl halides is 3. The Morgan fingerprint density at radius 2 is 2.05 bits per heavy atom. The van der Waals surface area contributed by atoms with Crippen LogP contribution in [0.3, 0.4) is 0 Å². The third kappa shape index (κ3) is 5.87. The van der Waals surface area contributed by atoms with Gasteiger partial charge in [0.05, 0.1) is 24.7 Å². The predicted molar refractivity (Wildman–Crippen MR) is 62.7 cm³/mol. The van der Waals surface area contributed by atoms with Crippen LogP contribution in [0.25, 0.3) is 0 Å². The van der Waals surface area contributed by atoms with Crippen LogP contribution in [-0.4, -0.2) is 28.8 Å². The van der Waals surface area contributed by atoms with Gasteiger partial charge in [-0.1, -0.05) is 0 Å². The maximum atomic E-state index is 11.9. The Morgan fingerprint density at radius 3 is 2.63 bits per heavy atom. The van der Waals surface area contributed by atoms with Crippen molar-refractivity contribution < 1.29 is 17.9 Å². The van der Waals surface area contributed by atoms with Crippen LogP contribution in [-0.2, 0) is 6.54 Å². The molecule has 1 saturated carbocycles. The van der Waals surface area contributed by atoms with Gasteiger partial charge in [0.15, 0.2) is 0 Å². The summed E-state index contributed by atoms with van der Waals surface area (Å²) in [5.41, 5.74) is 0.801. The first-order valence-electron chi connectivity index (χ1n) is 6.27. The predicted octanol–water partition coefficient (Wildman–Crippen LogP) is 2.45. The summed E-state index contributed by atoms with van der Waals surface area (Å²) in [5, 5.41) is 3.29. The van der Waals surface area contributed by atoms with Crippen LogP contribution in [0.5, 0.6) is 5.88 Å². The average molecular weight is 275 g/mol. The fraction of sp³-hybridized carbons (Fsp3) is 0.667. The van der Waals surface area contributed by atoms with Crippen molar-refractivity contribution in [3.05, 3.63) is 18.1 Å². The summed E-state index contributed by atoms with van der Waals surface area (Å²) in [7, 11) is 0. The summed E-state index contributed by atoms with van der Waals surface area (Å²) in [6, 6.07) is 0.597. The van der Waals surface area contributed by atoms with Crippen molar-refractivity contribution in [3.8, 4) is 5.88 Å². The second-order valence-corrected chi connectivity index (χ2v) is 4.57. The molecule has 0 atom stereocenters. The van der Waals surface area contributed by atoms with Gasteiger partial charge < -0.3 is 10.1 Å². The summed E-state index contributed by atoms with van der Waals surface area (Å²) in [6.45, 7) is 0.653. The lowest BCUT2D eigenvalue weighted by Gasteiger charge is -2.07. The zero-order valence-electron chi connectivity index (χ0n) is 10.4. The molecule has 1 aliphatic rings. The van der Waals surface area contributed by atoms with E-state index in [1.165, 1.54) is 19.0 Å². The highest BCUT2D eigenvalue weighted by molar-refractivity contribution is 5.07. The number of ether oxygens (including phenoxy) is 1. The molecule has 1 aromatic heterocycles. The van der Waals surface area contributed by atoms with E-state index >= 15 is 0 Å². The van der Waals surface area contributed by atoms with Crippen LogP contribution in [0.15, 0.2) is 12.4 Å². The molecule has 0 radical (unpaired) electrons. The lowest BCUT2D eigenvalue weighted by atomic mass is 10.3. The highest BCUT2D eigenvalue weighted by Crippen LogP contribution is 2.21. The summed E-state index contributed by atoms with van der Waals surface area (Å²) >= 11 is 0. The van der Waals surface area contributed by atoms with Crippen LogP contribution in [0, 0.1) is 0 Å². The van der Waals surface area contributed by atoms with E-state index in [-0.39, 0.29) is 18.9 Å². The second kappa shape index (κ2) is 6.18. The minimum atomic E-state index is -4.13. The van der Waals surface area contributed by atoms with E-state index in [1.54, 1.807) is 6.20 Å². The molecule has 2 rings (SSSR count). The molecule has 7 heteroatoms. The van der Waals surface area contributed by atoms with Crippen LogP contribution in [0.1, 0.15) is 31.4 Å². The van der Waals surface area contributed by atoms with Crippen LogP contribution in [0.4, 0.5) is 13.2 Å². The van der Waals surface area contributed by atoms with E-state index in [9.17, 15) is 13.2 Å². The minimum absolute atomic E-state index is 0.00609. The molecule has 19 heavy (non-hydrogen) atoms. The minimum Gasteiger partial charge on any atom is -0.477 e. The van der Waals surface area contributed by atoms with Crippen molar-refractivity contribution in [2.45, 2.75) is 44.4 Å². The van der Waals surface area contributed by atoms with Crippen molar-refractivity contribution in [1.29, 1.82) is 0 Å². The molecule has 1 aromatic rings. The van der Waals surface area contributed by atoms with Crippen molar-refractivity contribution in [3.63, 3.8) is 0 Å². The number of halogens is 3. The zero-order valence-corrected chi connectivity index (χ0v) is 10.4. The third-order valence-electron chi connectivity index (χ3n) is 2.69. The average Bonchev–Trinajstić information content (AvgIpc) is 3.16. The first kappa shape index (κ1) is 14.0. The summed E-state index contributed by atoms with van der Waals surface area (Å²) < 4.78 is 40.8. The molecular weight excluding hydrogens is 259 g/mol. The van der Waals surface area contributed by atoms with Gasteiger partial charge in [0, 0.05) is 19.0 Å². The number of hydrogen-bond acceptors (Lipinski definition) is 4. The van der Waals surface area contributed by atoms with Gasteiger partial charge in [0.1, 0.15) is 0 Å². The Bertz CT molecular complexity index is 390. The molecule has 106 valence electrons. The standard InChI is InChI=1S/C12H16F3N3O/c13-12(14,15)4-1-5-19-11-8-17-10(7-18-11)6-16-9-2-3-9/h7-9,16H,1-6H2. The monoisotopic (exact) mass is 275 g/mol. The molecule has 0 saturated heterocycles. The Hall–Kier alpha value is -1.37. The molecule has 1 fully saturated rings. The summed E-state index contributed by atoms with van der Waals surface area (Å²) in [6.07, 6.45) is 0.376. The molecule has 0 amide bonds. The van der Waals surface area contributed by atoms with Crippen molar-refractivity contribution in [2.24, 2.45) is 0 Å². The van der Waals surface area contributed by atoms with E-state index in [0.717, 1.165) is 5.69 Å². The maximum absolute atomic E-state index is 11.9. The van der Waals surface area contributed by atoms with Crippen LogP contribution < -0.4 is 10.1 Å². The van der Waals surface area contributed by atoms with E-state index in [4.69, 9.17) is 4.74 Å². The van der Waals surface area contributed by atoms with Gasteiger partial charge in [-0.15, -0.1) is 0 Å². The third-order valence-corrected chi connectivity index (χ3v) is 2.69. The number of nitrogens with one attached hydrogen (secondary N) is 1. The number of rotatable bonds is 7. The summed E-state index contributed by atoms with van der Waals surface area (Å²) in [5.74, 6) is 0.261. The van der Waals surface area contributed by atoms with E-state index in [1.807, 2.05) is 0 Å². The Kier molecular flexibility index (Phi) is 4.57. The molecule has 1 aliphatic carbocycles. The topological polar surface area (TPSA) is 47.0 Å². The Balaban J connectivity index is 1.66. The highest BCUT2D eigenvalue weighted by Gasteiger charge is 2.26.